The molecule has 0 unspecified atom stereocenters. The zero-order valence-electron chi connectivity index (χ0n) is 25.3. The van der Waals surface area contributed by atoms with Crippen LogP contribution in [-0.4, -0.2) is 23.3 Å². The fourth-order valence-electron chi connectivity index (χ4n) is 10.3. The Morgan fingerprint density at radius 2 is 1.85 bits per heavy atom. The number of anilines is 1. The first-order valence-corrected chi connectivity index (χ1v) is 15.8. The van der Waals surface area contributed by atoms with Gasteiger partial charge in [-0.15, -0.1) is 0 Å². The van der Waals surface area contributed by atoms with Gasteiger partial charge in [0.15, 0.2) is 5.69 Å². The molecule has 6 rings (SSSR count). The molecular formula is C35H49IN2O3. The Labute approximate surface area is 263 Å². The second-order valence-corrected chi connectivity index (χ2v) is 14.4. The second kappa shape index (κ2) is 11.1. The van der Waals surface area contributed by atoms with Gasteiger partial charge in [-0.3, -0.25) is 4.79 Å². The molecule has 5 nitrogen and oxygen atoms in total. The number of pyridine rings is 1. The van der Waals surface area contributed by atoms with E-state index in [2.05, 4.69) is 56.2 Å². The molecule has 224 valence electrons. The highest BCUT2D eigenvalue weighted by atomic mass is 127. The van der Waals surface area contributed by atoms with E-state index < -0.39 is 11.0 Å². The van der Waals surface area contributed by atoms with Gasteiger partial charge in [0, 0.05) is 25.5 Å². The number of para-hydroxylation sites is 1. The van der Waals surface area contributed by atoms with Crippen molar-refractivity contribution in [2.24, 2.45) is 28.1 Å². The number of fused-ring (bicyclic) bond motifs is 4. The fourth-order valence-corrected chi connectivity index (χ4v) is 10.3. The summed E-state index contributed by atoms with van der Waals surface area (Å²) in [7, 11) is 0. The minimum atomic E-state index is -0.644. The molecule has 1 aromatic carbocycles. The standard InChI is InChI=1S/C35H48N2O3.HI/c1-24-22-34-17-13-29-32(3,30(34)14-18-35(24,39)23-34)15-10-16-33(29,4)31(38)40-20-9-5-8-19-37-25(2)21-27(36)26-11-6-7-12-28(26)37;/h6-7,11-12,21,29-30,36,39H,1,5,8-10,13-20,22-23H2,2-4H3;1H/t29-,30-,32+,33+,34+,35-;/m0./s1. The summed E-state index contributed by atoms with van der Waals surface area (Å²) >= 11 is 0. The molecule has 3 N–H and O–H groups in total. The van der Waals surface area contributed by atoms with Crippen LogP contribution in [0.15, 0.2) is 42.5 Å². The summed E-state index contributed by atoms with van der Waals surface area (Å²) in [5, 5.41) is 12.3. The first-order chi connectivity index (χ1) is 19.0. The number of halogens is 1. The number of carbonyl (C=O) groups is 1. The van der Waals surface area contributed by atoms with Gasteiger partial charge in [0.2, 0.25) is 5.52 Å². The average Bonchev–Trinajstić information content (AvgIpc) is 3.09. The molecule has 4 fully saturated rings. The number of nitrogen functional groups attached to an aromatic ring is 1. The predicted octanol–water partition coefficient (Wildman–Crippen LogP) is 3.82. The fraction of sp³-hybridized carbons (Fsp3) is 0.657. The van der Waals surface area contributed by atoms with Crippen LogP contribution in [0.25, 0.3) is 10.9 Å². The Hall–Kier alpha value is -1.67. The minimum absolute atomic E-state index is 0. The number of ether oxygens (including phenoxy) is 1. The molecule has 4 saturated carbocycles. The highest BCUT2D eigenvalue weighted by Crippen LogP contribution is 2.72. The van der Waals surface area contributed by atoms with E-state index in [4.69, 9.17) is 10.5 Å². The van der Waals surface area contributed by atoms with Crippen LogP contribution < -0.4 is 34.3 Å². The van der Waals surface area contributed by atoms with Crippen LogP contribution in [0.4, 0.5) is 5.69 Å². The summed E-state index contributed by atoms with van der Waals surface area (Å²) < 4.78 is 8.40. The number of rotatable bonds is 7. The third-order valence-corrected chi connectivity index (χ3v) is 12.2. The monoisotopic (exact) mass is 672 g/mol. The van der Waals surface area contributed by atoms with Gasteiger partial charge < -0.3 is 39.6 Å². The number of nitrogens with zero attached hydrogens (tertiary/aromatic N) is 1. The SMILES string of the molecule is C=C1C[C@@]23CC[C@H]4[C@@](C)(CCC[C@@]4(C)C(=O)OCCCCC[n+]4c(C)cc(N)c5ccccc54)[C@@H]2CC[C@]1(O)C3.[I-]. The summed E-state index contributed by atoms with van der Waals surface area (Å²) in [6.45, 7) is 12.5. The van der Waals surface area contributed by atoms with Gasteiger partial charge in [0.05, 0.1) is 28.7 Å². The summed E-state index contributed by atoms with van der Waals surface area (Å²) in [5.74, 6) is 0.948. The Bertz CT molecular complexity index is 1340. The smallest absolute Gasteiger partial charge is 0.312 e. The Morgan fingerprint density at radius 1 is 1.10 bits per heavy atom. The zero-order valence-corrected chi connectivity index (χ0v) is 27.5. The van der Waals surface area contributed by atoms with E-state index in [9.17, 15) is 9.90 Å². The van der Waals surface area contributed by atoms with Gasteiger partial charge in [-0.05, 0) is 105 Å². The average molecular weight is 673 g/mol. The number of carbonyl (C=O) groups excluding carboxylic acids is 1. The number of esters is 1. The topological polar surface area (TPSA) is 76.4 Å². The van der Waals surface area contributed by atoms with Gasteiger partial charge in [0.25, 0.3) is 0 Å². The number of aromatic nitrogens is 1. The number of nitrogens with two attached hydrogens (primary N) is 1. The number of benzene rings is 1. The van der Waals surface area contributed by atoms with Crippen molar-refractivity contribution in [3.05, 3.63) is 48.2 Å². The van der Waals surface area contributed by atoms with E-state index in [0.717, 1.165) is 93.8 Å². The number of aliphatic hydroxyl groups is 1. The Kier molecular flexibility index (Phi) is 8.34. The zero-order chi connectivity index (χ0) is 28.3. The van der Waals surface area contributed by atoms with Crippen LogP contribution >= 0.6 is 0 Å². The number of hydrogen-bond acceptors (Lipinski definition) is 4. The van der Waals surface area contributed by atoms with Crippen LogP contribution in [0.2, 0.25) is 0 Å². The molecule has 0 radical (unpaired) electrons. The maximum atomic E-state index is 13.7. The van der Waals surface area contributed by atoms with Gasteiger partial charge >= 0.3 is 5.97 Å². The van der Waals surface area contributed by atoms with Gasteiger partial charge in [-0.25, -0.2) is 0 Å². The Balaban J connectivity index is 0.00000337. The van der Waals surface area contributed by atoms with Crippen molar-refractivity contribution in [3.8, 4) is 0 Å². The lowest BCUT2D eigenvalue weighted by Crippen LogP contribution is -3.00. The molecule has 6 atom stereocenters. The van der Waals surface area contributed by atoms with Crippen LogP contribution in [0.3, 0.4) is 0 Å². The van der Waals surface area contributed by atoms with Crippen molar-refractivity contribution in [3.63, 3.8) is 0 Å². The molecule has 2 bridgehead atoms. The molecule has 2 aromatic rings. The first-order valence-electron chi connectivity index (χ1n) is 15.8. The van der Waals surface area contributed by atoms with Crippen LogP contribution in [0.1, 0.15) is 96.6 Å². The molecule has 0 aliphatic heterocycles. The van der Waals surface area contributed by atoms with E-state index in [0.29, 0.717) is 18.4 Å². The molecule has 0 saturated heterocycles. The molecule has 4 aliphatic carbocycles. The number of hydrogen-bond donors (Lipinski definition) is 2. The maximum absolute atomic E-state index is 13.7. The normalized spacial score (nSPS) is 35.9. The highest BCUT2D eigenvalue weighted by molar-refractivity contribution is 5.87. The minimum Gasteiger partial charge on any atom is -1.00 e. The van der Waals surface area contributed by atoms with Gasteiger partial charge in [0.1, 0.15) is 6.54 Å². The van der Waals surface area contributed by atoms with Crippen LogP contribution in [-0.2, 0) is 16.1 Å². The van der Waals surface area contributed by atoms with E-state index >= 15 is 0 Å². The molecular weight excluding hydrogens is 623 g/mol. The van der Waals surface area contributed by atoms with Crippen molar-refractivity contribution < 1.29 is 43.2 Å². The number of aryl methyl sites for hydroxylation is 2. The van der Waals surface area contributed by atoms with Crippen molar-refractivity contribution in [2.75, 3.05) is 12.3 Å². The second-order valence-electron chi connectivity index (χ2n) is 14.4. The maximum Gasteiger partial charge on any atom is 0.312 e. The molecule has 4 aliphatic rings. The van der Waals surface area contributed by atoms with Crippen LogP contribution in [0, 0.1) is 35.0 Å². The summed E-state index contributed by atoms with van der Waals surface area (Å²) in [5.41, 5.74) is 9.76. The summed E-state index contributed by atoms with van der Waals surface area (Å²) in [6.07, 6.45) is 12.1. The van der Waals surface area contributed by atoms with E-state index in [1.807, 2.05) is 6.07 Å². The lowest BCUT2D eigenvalue weighted by atomic mass is 9.41. The van der Waals surface area contributed by atoms with Crippen molar-refractivity contribution in [2.45, 2.75) is 110 Å². The first kappa shape index (κ1) is 30.8. The Morgan fingerprint density at radius 3 is 2.66 bits per heavy atom. The van der Waals surface area contributed by atoms with Crippen LogP contribution in [0.5, 0.6) is 0 Å². The molecule has 6 heteroatoms. The van der Waals surface area contributed by atoms with E-state index in [1.165, 1.54) is 17.6 Å². The van der Waals surface area contributed by atoms with Gasteiger partial charge in [-0.2, -0.15) is 4.57 Å². The third-order valence-electron chi connectivity index (χ3n) is 12.2. The summed E-state index contributed by atoms with van der Waals surface area (Å²) in [6, 6.07) is 10.4. The van der Waals surface area contributed by atoms with Crippen molar-refractivity contribution in [1.82, 2.24) is 0 Å². The third kappa shape index (κ3) is 4.93. The van der Waals surface area contributed by atoms with Crippen molar-refractivity contribution >= 4 is 22.6 Å². The van der Waals surface area contributed by atoms with Gasteiger partial charge in [-0.1, -0.05) is 32.1 Å². The molecule has 41 heavy (non-hydrogen) atoms. The van der Waals surface area contributed by atoms with E-state index in [-0.39, 0.29) is 40.8 Å². The van der Waals surface area contributed by atoms with E-state index in [1.54, 1.807) is 0 Å². The van der Waals surface area contributed by atoms with Crippen molar-refractivity contribution in [1.29, 1.82) is 0 Å². The summed E-state index contributed by atoms with van der Waals surface area (Å²) in [4.78, 5) is 13.7. The lowest BCUT2D eigenvalue weighted by Gasteiger charge is -2.63. The quantitative estimate of drug-likeness (QED) is 0.154. The molecule has 0 amide bonds. The number of unbranched alkanes of at least 4 members (excludes halogenated alkanes) is 2. The highest BCUT2D eigenvalue weighted by Gasteiger charge is 2.67. The molecule has 1 aromatic heterocycles. The molecule has 1 spiro atoms. The largest absolute Gasteiger partial charge is 1.00 e. The molecule has 1 heterocycles. The lowest BCUT2D eigenvalue weighted by molar-refractivity contribution is -0.677. The predicted molar refractivity (Wildman–Crippen MR) is 159 cm³/mol.